The lowest BCUT2D eigenvalue weighted by molar-refractivity contribution is -0.387. The first kappa shape index (κ1) is 14.5. The maximum absolute atomic E-state index is 11.9. The van der Waals surface area contributed by atoms with Gasteiger partial charge in [0, 0.05) is 17.2 Å². The molecule has 0 spiro atoms. The summed E-state index contributed by atoms with van der Waals surface area (Å²) in [7, 11) is 0. The molecule has 0 saturated heterocycles. The maximum atomic E-state index is 11.9. The lowest BCUT2D eigenvalue weighted by atomic mass is 10.1. The van der Waals surface area contributed by atoms with Crippen LogP contribution < -0.4 is 5.32 Å². The van der Waals surface area contributed by atoms with E-state index in [1.165, 1.54) is 17.8 Å². The van der Waals surface area contributed by atoms with Gasteiger partial charge in [-0.1, -0.05) is 0 Å². The van der Waals surface area contributed by atoms with Gasteiger partial charge < -0.3 is 5.32 Å². The summed E-state index contributed by atoms with van der Waals surface area (Å²) in [6.07, 6.45) is 1.76. The molecular weight excluding hydrogens is 252 g/mol. The van der Waals surface area contributed by atoms with Gasteiger partial charge in [-0.2, -0.15) is 0 Å². The van der Waals surface area contributed by atoms with E-state index in [-0.39, 0.29) is 17.1 Å². The van der Waals surface area contributed by atoms with Gasteiger partial charge in [0.15, 0.2) is 0 Å². The highest BCUT2D eigenvalue weighted by Gasteiger charge is 2.19. The summed E-state index contributed by atoms with van der Waals surface area (Å²) in [5.41, 5.74) is -0.109. The molecule has 0 heterocycles. The molecule has 18 heavy (non-hydrogen) atoms. The van der Waals surface area contributed by atoms with E-state index in [1.807, 2.05) is 20.8 Å². The first-order valence-electron chi connectivity index (χ1n) is 5.39. The molecule has 1 amide bonds. The Balaban J connectivity index is 3.09. The number of nitro groups is 1. The smallest absolute Gasteiger partial charge is 0.283 e. The fourth-order valence-electron chi connectivity index (χ4n) is 1.39. The number of carbonyl (C=O) groups is 1. The van der Waals surface area contributed by atoms with Crippen molar-refractivity contribution in [3.05, 3.63) is 33.9 Å². The van der Waals surface area contributed by atoms with Crippen molar-refractivity contribution in [1.82, 2.24) is 5.32 Å². The third-order valence-corrected chi connectivity index (χ3v) is 2.91. The summed E-state index contributed by atoms with van der Waals surface area (Å²) in [5, 5.41) is 13.7. The molecule has 0 aromatic heterocycles. The van der Waals surface area contributed by atoms with Crippen molar-refractivity contribution in [3.8, 4) is 0 Å². The number of carbonyl (C=O) groups excluding carboxylic acids is 1. The van der Waals surface area contributed by atoms with Crippen LogP contribution in [0.5, 0.6) is 0 Å². The van der Waals surface area contributed by atoms with Gasteiger partial charge in [-0.3, -0.25) is 14.9 Å². The molecule has 0 radical (unpaired) electrons. The molecule has 0 atom stereocenters. The number of nitrogens with one attached hydrogen (secondary N) is 1. The van der Waals surface area contributed by atoms with Crippen LogP contribution in [0.25, 0.3) is 0 Å². The second-order valence-corrected chi connectivity index (χ2v) is 5.70. The maximum Gasteiger partial charge on any atom is 0.283 e. The molecule has 1 aromatic rings. The minimum atomic E-state index is -0.473. The molecule has 6 heteroatoms. The quantitative estimate of drug-likeness (QED) is 0.520. The minimum Gasteiger partial charge on any atom is -0.347 e. The molecule has 0 bridgehead atoms. The van der Waals surface area contributed by atoms with E-state index in [0.717, 1.165) is 0 Å². The predicted molar refractivity (Wildman–Crippen MR) is 72.1 cm³/mol. The average molecular weight is 268 g/mol. The van der Waals surface area contributed by atoms with Crippen LogP contribution in [-0.4, -0.2) is 22.6 Å². The number of thioether (sulfide) groups is 1. The molecule has 5 nitrogen and oxygen atoms in total. The summed E-state index contributed by atoms with van der Waals surface area (Å²) in [5.74, 6) is -0.307. The Morgan fingerprint density at radius 1 is 1.39 bits per heavy atom. The van der Waals surface area contributed by atoms with E-state index >= 15 is 0 Å². The third-order valence-electron chi connectivity index (χ3n) is 2.13. The van der Waals surface area contributed by atoms with E-state index in [9.17, 15) is 14.9 Å². The summed E-state index contributed by atoms with van der Waals surface area (Å²) in [4.78, 5) is 22.9. The van der Waals surface area contributed by atoms with Gasteiger partial charge in [0.05, 0.1) is 9.82 Å². The Hall–Kier alpha value is -1.56. The number of nitro benzene ring substituents is 1. The Labute approximate surface area is 110 Å². The monoisotopic (exact) mass is 268 g/mol. The van der Waals surface area contributed by atoms with Gasteiger partial charge in [-0.05, 0) is 39.2 Å². The molecule has 1 rings (SSSR count). The van der Waals surface area contributed by atoms with E-state index in [0.29, 0.717) is 10.5 Å². The predicted octanol–water partition coefficient (Wildman–Crippen LogP) is 2.85. The highest BCUT2D eigenvalue weighted by Crippen LogP contribution is 2.28. The number of amides is 1. The van der Waals surface area contributed by atoms with Crippen LogP contribution in [0.4, 0.5) is 5.69 Å². The van der Waals surface area contributed by atoms with Crippen molar-refractivity contribution in [1.29, 1.82) is 0 Å². The summed E-state index contributed by atoms with van der Waals surface area (Å²) < 4.78 is 0. The fraction of sp³-hybridized carbons (Fsp3) is 0.417. The molecule has 0 unspecified atom stereocenters. The molecule has 98 valence electrons. The highest BCUT2D eigenvalue weighted by molar-refractivity contribution is 7.98. The van der Waals surface area contributed by atoms with E-state index in [2.05, 4.69) is 5.32 Å². The number of benzene rings is 1. The largest absolute Gasteiger partial charge is 0.347 e. The second-order valence-electron chi connectivity index (χ2n) is 4.85. The topological polar surface area (TPSA) is 72.2 Å². The van der Waals surface area contributed by atoms with Crippen LogP contribution in [0, 0.1) is 10.1 Å². The van der Waals surface area contributed by atoms with E-state index < -0.39 is 4.92 Å². The third kappa shape index (κ3) is 3.73. The zero-order valence-corrected chi connectivity index (χ0v) is 11.6. The van der Waals surface area contributed by atoms with E-state index in [4.69, 9.17) is 0 Å². The first-order chi connectivity index (χ1) is 8.24. The van der Waals surface area contributed by atoms with Crippen molar-refractivity contribution in [2.75, 3.05) is 6.26 Å². The molecule has 0 aliphatic carbocycles. The molecule has 0 aliphatic rings. The molecule has 1 N–H and O–H groups in total. The Kier molecular flexibility index (Phi) is 4.34. The molecule has 0 saturated carbocycles. The standard InChI is InChI=1S/C12H16N2O3S/c1-12(2,3)13-11(15)8-5-6-10(18-4)9(7-8)14(16)17/h5-7H,1-4H3,(H,13,15). The average Bonchev–Trinajstić information content (AvgIpc) is 2.25. The minimum absolute atomic E-state index is 0.0379. The second kappa shape index (κ2) is 5.39. The Bertz CT molecular complexity index is 481. The van der Waals surface area contributed by atoms with Crippen LogP contribution in [0.3, 0.4) is 0 Å². The first-order valence-corrected chi connectivity index (χ1v) is 6.62. The highest BCUT2D eigenvalue weighted by atomic mass is 32.2. The SMILES string of the molecule is CSc1ccc(C(=O)NC(C)(C)C)cc1[N+](=O)[O-]. The van der Waals surface area contributed by atoms with Crippen molar-refractivity contribution >= 4 is 23.4 Å². The van der Waals surface area contributed by atoms with Gasteiger partial charge in [0.2, 0.25) is 0 Å². The van der Waals surface area contributed by atoms with Crippen molar-refractivity contribution < 1.29 is 9.72 Å². The van der Waals surface area contributed by atoms with E-state index in [1.54, 1.807) is 18.4 Å². The van der Waals surface area contributed by atoms with Gasteiger partial charge in [0.25, 0.3) is 11.6 Å². The van der Waals surface area contributed by atoms with Gasteiger partial charge >= 0.3 is 0 Å². The summed E-state index contributed by atoms with van der Waals surface area (Å²) >= 11 is 1.28. The summed E-state index contributed by atoms with van der Waals surface area (Å²) in [6.45, 7) is 5.57. The van der Waals surface area contributed by atoms with Crippen LogP contribution >= 0.6 is 11.8 Å². The Morgan fingerprint density at radius 3 is 2.44 bits per heavy atom. The van der Waals surface area contributed by atoms with Crippen molar-refractivity contribution in [3.63, 3.8) is 0 Å². The molecular formula is C12H16N2O3S. The normalized spacial score (nSPS) is 11.1. The van der Waals surface area contributed by atoms with Crippen LogP contribution in [-0.2, 0) is 0 Å². The van der Waals surface area contributed by atoms with Crippen molar-refractivity contribution in [2.45, 2.75) is 31.2 Å². The van der Waals surface area contributed by atoms with Crippen LogP contribution in [0.2, 0.25) is 0 Å². The summed E-state index contributed by atoms with van der Waals surface area (Å²) in [6, 6.07) is 4.51. The molecule has 1 aromatic carbocycles. The lowest BCUT2D eigenvalue weighted by Crippen LogP contribution is -2.40. The molecule has 0 fully saturated rings. The van der Waals surface area contributed by atoms with Crippen LogP contribution in [0.1, 0.15) is 31.1 Å². The molecule has 0 aliphatic heterocycles. The zero-order chi connectivity index (χ0) is 13.9. The Morgan fingerprint density at radius 2 is 2.00 bits per heavy atom. The zero-order valence-electron chi connectivity index (χ0n) is 10.8. The van der Waals surface area contributed by atoms with Crippen molar-refractivity contribution in [2.24, 2.45) is 0 Å². The van der Waals surface area contributed by atoms with Gasteiger partial charge in [-0.15, -0.1) is 11.8 Å². The lowest BCUT2D eigenvalue weighted by Gasteiger charge is -2.20. The number of rotatable bonds is 3. The number of hydrogen-bond donors (Lipinski definition) is 1. The number of hydrogen-bond acceptors (Lipinski definition) is 4. The number of nitrogens with zero attached hydrogens (tertiary/aromatic N) is 1. The van der Waals surface area contributed by atoms with Gasteiger partial charge in [0.1, 0.15) is 0 Å². The van der Waals surface area contributed by atoms with Gasteiger partial charge in [-0.25, -0.2) is 0 Å². The fourth-order valence-corrected chi connectivity index (χ4v) is 1.93. The van der Waals surface area contributed by atoms with Crippen LogP contribution in [0.15, 0.2) is 23.1 Å².